The molecule has 4 aromatic rings. The minimum absolute atomic E-state index is 0.223. The van der Waals surface area contributed by atoms with Gasteiger partial charge in [-0.3, -0.25) is 9.59 Å². The molecule has 3 fully saturated rings. The van der Waals surface area contributed by atoms with Crippen LogP contribution in [-0.2, 0) is 14.3 Å². The van der Waals surface area contributed by atoms with Gasteiger partial charge in [0.1, 0.15) is 17.4 Å². The first-order valence-electron chi connectivity index (χ1n) is 13.0. The van der Waals surface area contributed by atoms with Gasteiger partial charge >= 0.3 is 0 Å². The van der Waals surface area contributed by atoms with Crippen LogP contribution in [0.2, 0.25) is 0 Å². The first-order chi connectivity index (χ1) is 19.4. The van der Waals surface area contributed by atoms with E-state index in [4.69, 9.17) is 9.47 Å². The molecule has 5 unspecified atom stereocenters. The Kier molecular flexibility index (Phi) is 5.54. The van der Waals surface area contributed by atoms with E-state index in [9.17, 15) is 20.0 Å². The Hall–Kier alpha value is -4.17. The summed E-state index contributed by atoms with van der Waals surface area (Å²) >= 11 is 1.31. The number of carbonyl (C=O) groups excluding carboxylic acids is 2. The van der Waals surface area contributed by atoms with Gasteiger partial charge in [-0.05, 0) is 59.7 Å². The number of benzene rings is 3. The van der Waals surface area contributed by atoms with Gasteiger partial charge in [0.25, 0.3) is 0 Å². The van der Waals surface area contributed by atoms with E-state index in [2.05, 4.69) is 15.7 Å². The number of aromatic nitrogens is 2. The van der Waals surface area contributed by atoms with Crippen LogP contribution >= 0.6 is 11.5 Å². The minimum atomic E-state index is -1.21. The molecule has 0 aliphatic carbocycles. The van der Waals surface area contributed by atoms with Crippen molar-refractivity contribution < 1.29 is 24.2 Å². The van der Waals surface area contributed by atoms with Crippen molar-refractivity contribution in [3.63, 3.8) is 0 Å². The molecule has 40 heavy (non-hydrogen) atoms. The zero-order valence-electron chi connectivity index (χ0n) is 21.5. The van der Waals surface area contributed by atoms with E-state index >= 15 is 0 Å². The normalized spacial score (nSPS) is 28.7. The lowest BCUT2D eigenvalue weighted by molar-refractivity contribution is -0.134. The summed E-state index contributed by atoms with van der Waals surface area (Å²) in [4.78, 5) is 30.0. The second-order valence-corrected chi connectivity index (χ2v) is 11.5. The van der Waals surface area contributed by atoms with Gasteiger partial charge in [-0.25, -0.2) is 4.90 Å². The first-order valence-corrected chi connectivity index (χ1v) is 13.8. The van der Waals surface area contributed by atoms with Crippen LogP contribution in [0.15, 0.2) is 66.9 Å². The highest BCUT2D eigenvalue weighted by atomic mass is 32.1. The lowest BCUT2D eigenvalue weighted by Crippen LogP contribution is -2.49. The molecular formula is C30H24N4O5S. The molecule has 200 valence electrons. The number of imide groups is 1. The Morgan fingerprint density at radius 1 is 1.12 bits per heavy atom. The average molecular weight is 553 g/mol. The number of nitriles is 1. The molecule has 0 radical (unpaired) electrons. The molecule has 0 saturated carbocycles. The fraction of sp³-hybridized carbons (Fsp3) is 0.300. The topological polar surface area (TPSA) is 126 Å². The molecule has 0 spiro atoms. The highest BCUT2D eigenvalue weighted by Gasteiger charge is 2.77. The van der Waals surface area contributed by atoms with E-state index in [1.807, 2.05) is 48.5 Å². The average Bonchev–Trinajstić information content (AvgIpc) is 3.70. The van der Waals surface area contributed by atoms with E-state index in [0.717, 1.165) is 20.7 Å². The van der Waals surface area contributed by atoms with Gasteiger partial charge in [-0.1, -0.05) is 34.8 Å². The number of anilines is 1. The molecule has 1 N–H and O–H groups in total. The summed E-state index contributed by atoms with van der Waals surface area (Å²) in [7, 11) is 0. The summed E-state index contributed by atoms with van der Waals surface area (Å²) in [6.07, 6.45) is 1.33. The fourth-order valence-corrected chi connectivity index (χ4v) is 7.29. The van der Waals surface area contributed by atoms with Crippen molar-refractivity contribution in [1.29, 1.82) is 5.26 Å². The summed E-state index contributed by atoms with van der Waals surface area (Å²) in [6, 6.07) is 20.6. The van der Waals surface area contributed by atoms with Crippen molar-refractivity contribution in [3.8, 4) is 22.3 Å². The third kappa shape index (κ3) is 3.45. The fourth-order valence-electron chi connectivity index (χ4n) is 6.78. The molecular weight excluding hydrogens is 528 g/mol. The monoisotopic (exact) mass is 552 g/mol. The second kappa shape index (κ2) is 8.93. The summed E-state index contributed by atoms with van der Waals surface area (Å²) in [5, 5.41) is 26.4. The van der Waals surface area contributed by atoms with Crippen molar-refractivity contribution >= 4 is 39.8 Å². The third-order valence-electron chi connectivity index (χ3n) is 8.67. The van der Waals surface area contributed by atoms with E-state index in [1.165, 1.54) is 11.5 Å². The zero-order valence-corrected chi connectivity index (χ0v) is 22.3. The maximum atomic E-state index is 14.0. The molecule has 4 heterocycles. The number of hydrogen-bond donors (Lipinski definition) is 1. The molecule has 3 aliphatic rings. The number of hydrogen-bond acceptors (Lipinski definition) is 9. The SMILES string of the molecule is CC12OC(CCOc3ccc(-c4cnns4)cc3)(CC1O)C1C(=O)N(c3ccc4ccccc4c3C#N)C(=O)C12. The number of aliphatic hydroxyl groups excluding tert-OH is 1. The predicted molar refractivity (Wildman–Crippen MR) is 146 cm³/mol. The lowest BCUT2D eigenvalue weighted by atomic mass is 9.66. The highest BCUT2D eigenvalue weighted by Crippen LogP contribution is 2.62. The maximum Gasteiger partial charge on any atom is 0.240 e. The molecule has 5 atom stereocenters. The number of ether oxygens (including phenoxy) is 2. The van der Waals surface area contributed by atoms with Gasteiger partial charge in [-0.2, -0.15) is 5.26 Å². The zero-order chi connectivity index (χ0) is 27.6. The van der Waals surface area contributed by atoms with Crippen LogP contribution in [0.1, 0.15) is 25.3 Å². The number of aliphatic hydroxyl groups is 1. The minimum Gasteiger partial charge on any atom is -0.493 e. The van der Waals surface area contributed by atoms with Gasteiger partial charge in [0.2, 0.25) is 11.8 Å². The van der Waals surface area contributed by atoms with Gasteiger partial charge in [0.05, 0.1) is 52.5 Å². The van der Waals surface area contributed by atoms with E-state index in [1.54, 1.807) is 25.3 Å². The summed E-state index contributed by atoms with van der Waals surface area (Å²) in [6.45, 7) is 1.94. The first kappa shape index (κ1) is 24.8. The third-order valence-corrected chi connectivity index (χ3v) is 9.38. The quantitative estimate of drug-likeness (QED) is 0.355. The lowest BCUT2D eigenvalue weighted by Gasteiger charge is -2.33. The van der Waals surface area contributed by atoms with E-state index in [0.29, 0.717) is 17.6 Å². The van der Waals surface area contributed by atoms with Crippen molar-refractivity contribution in [2.45, 2.75) is 37.1 Å². The van der Waals surface area contributed by atoms with Gasteiger partial charge in [-0.15, -0.1) is 5.10 Å². The van der Waals surface area contributed by atoms with Crippen molar-refractivity contribution in [1.82, 2.24) is 9.59 Å². The van der Waals surface area contributed by atoms with Gasteiger partial charge < -0.3 is 14.6 Å². The van der Waals surface area contributed by atoms with Crippen LogP contribution in [0.5, 0.6) is 5.75 Å². The summed E-state index contributed by atoms with van der Waals surface area (Å²) in [5.41, 5.74) is -0.740. The highest BCUT2D eigenvalue weighted by molar-refractivity contribution is 7.09. The Morgan fingerprint density at radius 2 is 1.90 bits per heavy atom. The summed E-state index contributed by atoms with van der Waals surface area (Å²) < 4.78 is 16.3. The standard InChI is InChI=1S/C30H24N4O5S/c1-29-24(35)14-30(39-29,12-13-38-19-9-6-18(7-10-19)23-16-32-33-40-23)26-25(29)27(36)34(28(26)37)22-11-8-17-4-2-3-5-20(17)21(22)15-31/h2-11,16,24-26,35H,12-14H2,1H3. The summed E-state index contributed by atoms with van der Waals surface area (Å²) in [5.74, 6) is -1.83. The maximum absolute atomic E-state index is 14.0. The number of carbonyl (C=O) groups is 2. The van der Waals surface area contributed by atoms with E-state index < -0.39 is 41.0 Å². The second-order valence-electron chi connectivity index (χ2n) is 10.7. The van der Waals surface area contributed by atoms with Crippen LogP contribution in [-0.4, -0.2) is 50.4 Å². The molecule has 3 aliphatic heterocycles. The number of rotatable bonds is 6. The van der Waals surface area contributed by atoms with Crippen LogP contribution in [0.4, 0.5) is 5.69 Å². The molecule has 3 saturated heterocycles. The number of amides is 2. The van der Waals surface area contributed by atoms with Gasteiger partial charge in [0.15, 0.2) is 0 Å². The molecule has 9 nitrogen and oxygen atoms in total. The molecule has 3 aromatic carbocycles. The molecule has 10 heteroatoms. The molecule has 2 amide bonds. The Bertz CT molecular complexity index is 1700. The Balaban J connectivity index is 1.17. The van der Waals surface area contributed by atoms with Crippen LogP contribution in [0, 0.1) is 23.2 Å². The number of nitrogens with zero attached hydrogens (tertiary/aromatic N) is 4. The molecule has 2 bridgehead atoms. The van der Waals surface area contributed by atoms with Crippen molar-refractivity contribution in [3.05, 3.63) is 72.4 Å². The smallest absolute Gasteiger partial charge is 0.240 e. The molecule has 1 aromatic heterocycles. The van der Waals surface area contributed by atoms with Gasteiger partial charge in [0, 0.05) is 18.2 Å². The van der Waals surface area contributed by atoms with Crippen molar-refractivity contribution in [2.75, 3.05) is 11.5 Å². The Labute approximate surface area is 233 Å². The Morgan fingerprint density at radius 3 is 2.65 bits per heavy atom. The van der Waals surface area contributed by atoms with Crippen LogP contribution in [0.3, 0.4) is 0 Å². The van der Waals surface area contributed by atoms with Crippen molar-refractivity contribution in [2.24, 2.45) is 11.8 Å². The van der Waals surface area contributed by atoms with Crippen LogP contribution in [0.25, 0.3) is 21.2 Å². The number of fused-ring (bicyclic) bond motifs is 6. The van der Waals surface area contributed by atoms with Crippen LogP contribution < -0.4 is 9.64 Å². The van der Waals surface area contributed by atoms with E-state index in [-0.39, 0.29) is 24.3 Å². The largest absolute Gasteiger partial charge is 0.493 e. The molecule has 7 rings (SSSR count). The predicted octanol–water partition coefficient (Wildman–Crippen LogP) is 4.10.